The Labute approximate surface area is 202 Å². The average molecular weight is 451 g/mol. The van der Waals surface area contributed by atoms with Gasteiger partial charge < -0.3 is 9.13 Å². The predicted octanol–water partition coefficient (Wildman–Crippen LogP) is 8.00. The summed E-state index contributed by atoms with van der Waals surface area (Å²) < 4.78 is 4.65. The second-order valence-corrected chi connectivity index (χ2v) is 9.14. The molecule has 0 bridgehead atoms. The molecule has 0 saturated carbocycles. The largest absolute Gasteiger partial charge is 0.309 e. The maximum absolute atomic E-state index is 11.2. The smallest absolute Gasteiger partial charge is 0.150 e. The van der Waals surface area contributed by atoms with Crippen LogP contribution in [0.25, 0.3) is 55.0 Å². The molecular formula is C32H22N2O. The highest BCUT2D eigenvalue weighted by atomic mass is 16.1. The van der Waals surface area contributed by atoms with Gasteiger partial charge >= 0.3 is 0 Å². The molecule has 7 rings (SSSR count). The van der Waals surface area contributed by atoms with Crippen molar-refractivity contribution in [2.45, 2.75) is 6.92 Å². The molecule has 0 amide bonds. The second-order valence-electron chi connectivity index (χ2n) is 9.14. The van der Waals surface area contributed by atoms with E-state index in [0.29, 0.717) is 5.56 Å². The van der Waals surface area contributed by atoms with Crippen LogP contribution in [0, 0.1) is 6.92 Å². The summed E-state index contributed by atoms with van der Waals surface area (Å²) in [4.78, 5) is 11.2. The van der Waals surface area contributed by atoms with Crippen molar-refractivity contribution in [1.29, 1.82) is 0 Å². The van der Waals surface area contributed by atoms with Gasteiger partial charge in [0.1, 0.15) is 6.29 Å². The topological polar surface area (TPSA) is 26.9 Å². The van der Waals surface area contributed by atoms with Crippen molar-refractivity contribution in [2.75, 3.05) is 0 Å². The minimum absolute atomic E-state index is 0.679. The molecule has 7 aromatic rings. The molecule has 0 unspecified atom stereocenters. The van der Waals surface area contributed by atoms with Crippen molar-refractivity contribution < 1.29 is 4.79 Å². The highest BCUT2D eigenvalue weighted by Crippen LogP contribution is 2.37. The minimum Gasteiger partial charge on any atom is -0.309 e. The van der Waals surface area contributed by atoms with Gasteiger partial charge in [0.25, 0.3) is 0 Å². The highest BCUT2D eigenvalue weighted by molar-refractivity contribution is 6.12. The number of carbonyl (C=O) groups is 1. The van der Waals surface area contributed by atoms with Gasteiger partial charge in [0.15, 0.2) is 0 Å². The fourth-order valence-electron chi connectivity index (χ4n) is 5.45. The van der Waals surface area contributed by atoms with E-state index in [9.17, 15) is 4.79 Å². The summed E-state index contributed by atoms with van der Waals surface area (Å²) in [5.74, 6) is 0. The predicted molar refractivity (Wildman–Crippen MR) is 145 cm³/mol. The molecule has 0 atom stereocenters. The van der Waals surface area contributed by atoms with Gasteiger partial charge in [-0.05, 0) is 73.7 Å². The molecule has 35 heavy (non-hydrogen) atoms. The van der Waals surface area contributed by atoms with Crippen LogP contribution in [0.1, 0.15) is 15.9 Å². The van der Waals surface area contributed by atoms with E-state index in [-0.39, 0.29) is 0 Å². The van der Waals surface area contributed by atoms with E-state index < -0.39 is 0 Å². The number of aryl methyl sites for hydroxylation is 1. The molecular weight excluding hydrogens is 428 g/mol. The number of nitrogens with zero attached hydrogens (tertiary/aromatic N) is 2. The molecule has 166 valence electrons. The molecule has 3 heteroatoms. The van der Waals surface area contributed by atoms with Gasteiger partial charge in [-0.2, -0.15) is 0 Å². The highest BCUT2D eigenvalue weighted by Gasteiger charge is 2.16. The molecule has 0 N–H and O–H groups in total. The van der Waals surface area contributed by atoms with E-state index in [2.05, 4.69) is 101 Å². The van der Waals surface area contributed by atoms with Gasteiger partial charge in [-0.1, -0.05) is 48.0 Å². The summed E-state index contributed by atoms with van der Waals surface area (Å²) in [6.07, 6.45) is 0.884. The van der Waals surface area contributed by atoms with Gasteiger partial charge in [0, 0.05) is 38.5 Å². The molecule has 0 fully saturated rings. The van der Waals surface area contributed by atoms with Crippen LogP contribution in [0.15, 0.2) is 109 Å². The van der Waals surface area contributed by atoms with E-state index >= 15 is 0 Å². The molecule has 2 aromatic heterocycles. The number of aldehydes is 1. The Kier molecular flexibility index (Phi) is 4.21. The van der Waals surface area contributed by atoms with Crippen LogP contribution < -0.4 is 0 Å². The first-order chi connectivity index (χ1) is 17.2. The molecule has 0 aliphatic heterocycles. The van der Waals surface area contributed by atoms with E-state index in [1.54, 1.807) is 0 Å². The van der Waals surface area contributed by atoms with E-state index in [1.807, 2.05) is 24.3 Å². The molecule has 0 aliphatic rings. The lowest BCUT2D eigenvalue weighted by Gasteiger charge is -2.10. The zero-order valence-electron chi connectivity index (χ0n) is 19.3. The number of para-hydroxylation sites is 2. The van der Waals surface area contributed by atoms with E-state index in [4.69, 9.17) is 0 Å². The minimum atomic E-state index is 0.679. The Balaban J connectivity index is 1.54. The zero-order valence-corrected chi connectivity index (χ0v) is 19.3. The molecule has 0 spiro atoms. The summed E-state index contributed by atoms with van der Waals surface area (Å²) in [5, 5.41) is 4.96. The second kappa shape index (κ2) is 7.44. The zero-order chi connectivity index (χ0) is 23.5. The molecule has 2 heterocycles. The van der Waals surface area contributed by atoms with Crippen molar-refractivity contribution in [3.63, 3.8) is 0 Å². The van der Waals surface area contributed by atoms with Crippen LogP contribution in [0.3, 0.4) is 0 Å². The van der Waals surface area contributed by atoms with E-state index in [1.165, 1.54) is 38.1 Å². The molecule has 3 nitrogen and oxygen atoms in total. The Bertz CT molecular complexity index is 1920. The molecule has 0 radical (unpaired) electrons. The Morgan fingerprint density at radius 1 is 0.514 bits per heavy atom. The third-order valence-electron chi connectivity index (χ3n) is 7.03. The van der Waals surface area contributed by atoms with Crippen molar-refractivity contribution in [1.82, 2.24) is 9.13 Å². The van der Waals surface area contributed by atoms with Crippen LogP contribution >= 0.6 is 0 Å². The first-order valence-corrected chi connectivity index (χ1v) is 11.8. The monoisotopic (exact) mass is 450 g/mol. The normalized spacial score (nSPS) is 11.7. The fourth-order valence-corrected chi connectivity index (χ4v) is 5.45. The van der Waals surface area contributed by atoms with Gasteiger partial charge in [-0.15, -0.1) is 0 Å². The average Bonchev–Trinajstić information content (AvgIpc) is 3.41. The number of hydrogen-bond acceptors (Lipinski definition) is 1. The third-order valence-corrected chi connectivity index (χ3v) is 7.03. The lowest BCUT2D eigenvalue weighted by Crippen LogP contribution is -1.96. The summed E-state index contributed by atoms with van der Waals surface area (Å²) >= 11 is 0. The lowest BCUT2D eigenvalue weighted by atomic mass is 10.1. The number of carbonyl (C=O) groups excluding carboxylic acids is 1. The summed E-state index contributed by atoms with van der Waals surface area (Å²) in [5.41, 5.74) is 8.85. The standard InChI is InChI=1S/C32H22N2O/c1-21-10-16-31-27(18-21)25-6-2-5-9-30(25)34(31)24-15-17-32-28(19-24)26-7-3-4-8-29(26)33(32)23-13-11-22(20-35)12-14-23/h2-20H,1H3. The quantitative estimate of drug-likeness (QED) is 0.251. The van der Waals surface area contributed by atoms with Crippen molar-refractivity contribution in [2.24, 2.45) is 0 Å². The Hall–Kier alpha value is -4.63. The number of benzene rings is 5. The summed E-state index contributed by atoms with van der Waals surface area (Å²) in [6, 6.07) is 38.3. The van der Waals surface area contributed by atoms with Crippen LogP contribution in [0.2, 0.25) is 0 Å². The molecule has 0 saturated heterocycles. The van der Waals surface area contributed by atoms with Crippen LogP contribution in [0.4, 0.5) is 0 Å². The maximum Gasteiger partial charge on any atom is 0.150 e. The van der Waals surface area contributed by atoms with E-state index in [0.717, 1.165) is 28.7 Å². The third kappa shape index (κ3) is 2.88. The summed E-state index contributed by atoms with van der Waals surface area (Å²) in [6.45, 7) is 2.15. The Morgan fingerprint density at radius 3 is 1.69 bits per heavy atom. The van der Waals surface area contributed by atoms with Crippen LogP contribution in [0.5, 0.6) is 0 Å². The van der Waals surface area contributed by atoms with Gasteiger partial charge in [0.2, 0.25) is 0 Å². The van der Waals surface area contributed by atoms with Crippen LogP contribution in [-0.2, 0) is 0 Å². The van der Waals surface area contributed by atoms with Crippen LogP contribution in [-0.4, -0.2) is 15.4 Å². The fraction of sp³-hybridized carbons (Fsp3) is 0.0312. The number of rotatable bonds is 3. The van der Waals surface area contributed by atoms with Gasteiger partial charge in [-0.3, -0.25) is 4.79 Å². The van der Waals surface area contributed by atoms with Crippen molar-refractivity contribution >= 4 is 49.9 Å². The first-order valence-electron chi connectivity index (χ1n) is 11.8. The number of aromatic nitrogens is 2. The maximum atomic E-state index is 11.2. The van der Waals surface area contributed by atoms with Crippen molar-refractivity contribution in [3.8, 4) is 11.4 Å². The molecule has 0 aliphatic carbocycles. The van der Waals surface area contributed by atoms with Gasteiger partial charge in [-0.25, -0.2) is 0 Å². The molecule has 5 aromatic carbocycles. The number of fused-ring (bicyclic) bond motifs is 6. The van der Waals surface area contributed by atoms with Gasteiger partial charge in [0.05, 0.1) is 22.1 Å². The SMILES string of the molecule is Cc1ccc2c(c1)c1ccccc1n2-c1ccc2c(c1)c1ccccc1n2-c1ccc(C=O)cc1. The van der Waals surface area contributed by atoms with Crippen molar-refractivity contribution in [3.05, 3.63) is 120 Å². The first kappa shape index (κ1) is 19.8. The number of hydrogen-bond donors (Lipinski definition) is 0. The Morgan fingerprint density at radius 2 is 1.03 bits per heavy atom. The summed E-state index contributed by atoms with van der Waals surface area (Å²) in [7, 11) is 0. The lowest BCUT2D eigenvalue weighted by molar-refractivity contribution is 0.112.